The fraction of sp³-hybridized carbons (Fsp3) is 0.696. The normalized spacial score (nSPS) is 24.2. The van der Waals surface area contributed by atoms with E-state index >= 15 is 0 Å². The van der Waals surface area contributed by atoms with E-state index in [1.54, 1.807) is 6.07 Å². The van der Waals surface area contributed by atoms with E-state index in [1.165, 1.54) is 0 Å². The highest BCUT2D eigenvalue weighted by Gasteiger charge is 2.41. The number of amides is 1. The second-order valence-corrected chi connectivity index (χ2v) is 12.0. The summed E-state index contributed by atoms with van der Waals surface area (Å²) in [5.74, 6) is -0.417. The molecule has 2 fully saturated rings. The van der Waals surface area contributed by atoms with E-state index in [-0.39, 0.29) is 30.2 Å². The van der Waals surface area contributed by atoms with Gasteiger partial charge < -0.3 is 24.0 Å². The van der Waals surface area contributed by atoms with Gasteiger partial charge in [0.25, 0.3) is 5.91 Å². The molecule has 2 N–H and O–H groups in total. The van der Waals surface area contributed by atoms with Crippen molar-refractivity contribution in [3.63, 3.8) is 0 Å². The van der Waals surface area contributed by atoms with Gasteiger partial charge in [-0.05, 0) is 71.9 Å². The number of likely N-dealkylation sites (tertiary alicyclic amines) is 1. The topological polar surface area (TPSA) is 94.1 Å². The minimum atomic E-state index is -1.29. The van der Waals surface area contributed by atoms with Crippen molar-refractivity contribution in [1.82, 2.24) is 9.62 Å². The number of phenolic OH excluding ortho intramolecular Hbond substituents is 1. The quantitative estimate of drug-likeness (QED) is 0.667. The van der Waals surface area contributed by atoms with Gasteiger partial charge in [-0.1, -0.05) is 12.1 Å². The van der Waals surface area contributed by atoms with Crippen LogP contribution in [-0.2, 0) is 25.6 Å². The van der Waals surface area contributed by atoms with Gasteiger partial charge in [-0.3, -0.25) is 4.79 Å². The highest BCUT2D eigenvalue weighted by atomic mass is 32.2. The van der Waals surface area contributed by atoms with Crippen molar-refractivity contribution in [2.45, 2.75) is 77.1 Å². The zero-order valence-corrected chi connectivity index (χ0v) is 20.3. The van der Waals surface area contributed by atoms with Gasteiger partial charge >= 0.3 is 0 Å². The number of nitrogens with zero attached hydrogens (tertiary/aromatic N) is 1. The Morgan fingerprint density at radius 3 is 2.48 bits per heavy atom. The van der Waals surface area contributed by atoms with Gasteiger partial charge in [0.05, 0.1) is 12.6 Å². The molecule has 1 amide bonds. The zero-order valence-electron chi connectivity index (χ0n) is 19.4. The van der Waals surface area contributed by atoms with Crippen LogP contribution in [0.5, 0.6) is 5.75 Å². The number of hydrogen-bond acceptors (Lipinski definition) is 6. The van der Waals surface area contributed by atoms with E-state index in [1.807, 2.05) is 58.6 Å². The van der Waals surface area contributed by atoms with Gasteiger partial charge in [-0.25, -0.2) is 0 Å². The molecule has 0 aliphatic carbocycles. The number of benzene rings is 1. The van der Waals surface area contributed by atoms with Crippen LogP contribution in [0.1, 0.15) is 64.6 Å². The summed E-state index contributed by atoms with van der Waals surface area (Å²) in [5, 5.41) is 10.6. The first-order valence-electron chi connectivity index (χ1n) is 11.0. The molecule has 2 saturated heterocycles. The summed E-state index contributed by atoms with van der Waals surface area (Å²) in [6, 6.07) is 5.34. The van der Waals surface area contributed by atoms with Crippen molar-refractivity contribution in [3.8, 4) is 5.75 Å². The van der Waals surface area contributed by atoms with E-state index in [2.05, 4.69) is 4.72 Å². The molecule has 0 spiro atoms. The Bertz CT molecular complexity index is 787. The number of phenols is 1. The highest BCUT2D eigenvalue weighted by molar-refractivity contribution is 7.90. The Balaban J connectivity index is 1.71. The first-order valence-corrected chi connectivity index (χ1v) is 12.1. The summed E-state index contributed by atoms with van der Waals surface area (Å²) < 4.78 is 27.0. The number of rotatable bonds is 5. The largest absolute Gasteiger partial charge is 0.598 e. The molecule has 2 heterocycles. The summed E-state index contributed by atoms with van der Waals surface area (Å²) in [6.45, 7) is 12.8. The summed E-state index contributed by atoms with van der Waals surface area (Å²) in [7, 11) is 0. The molecule has 1 aromatic rings. The van der Waals surface area contributed by atoms with Gasteiger partial charge in [-0.2, -0.15) is 0 Å². The molecule has 0 radical (unpaired) electrons. The van der Waals surface area contributed by atoms with Crippen LogP contribution in [0.4, 0.5) is 0 Å². The van der Waals surface area contributed by atoms with Crippen LogP contribution in [0.15, 0.2) is 18.2 Å². The maximum Gasteiger partial charge on any atom is 0.254 e. The maximum absolute atomic E-state index is 12.9. The molecule has 8 heteroatoms. The highest BCUT2D eigenvalue weighted by Crippen LogP contribution is 2.37. The summed E-state index contributed by atoms with van der Waals surface area (Å²) in [5.41, 5.74) is 1.72. The van der Waals surface area contributed by atoms with Crippen molar-refractivity contribution in [2.24, 2.45) is 5.92 Å². The molecule has 31 heavy (non-hydrogen) atoms. The van der Waals surface area contributed by atoms with Gasteiger partial charge in [0.1, 0.15) is 10.5 Å². The minimum absolute atomic E-state index is 0.0371. The lowest BCUT2D eigenvalue weighted by Crippen LogP contribution is -2.48. The summed E-state index contributed by atoms with van der Waals surface area (Å²) in [6.07, 6.45) is 0.930. The van der Waals surface area contributed by atoms with Crippen LogP contribution >= 0.6 is 0 Å². The number of carbonyl (C=O) groups is 1. The van der Waals surface area contributed by atoms with Gasteiger partial charge in [0, 0.05) is 30.0 Å². The molecule has 7 nitrogen and oxygen atoms in total. The lowest BCUT2D eigenvalue weighted by molar-refractivity contribution is -0.161. The van der Waals surface area contributed by atoms with Gasteiger partial charge in [0.15, 0.2) is 11.9 Å². The van der Waals surface area contributed by atoms with E-state index in [4.69, 9.17) is 9.47 Å². The monoisotopic (exact) mass is 452 g/mol. The molecular weight excluding hydrogens is 416 g/mol. The second kappa shape index (κ2) is 9.27. The van der Waals surface area contributed by atoms with Gasteiger partial charge in [0.2, 0.25) is 0 Å². The van der Waals surface area contributed by atoms with E-state index in [0.29, 0.717) is 13.1 Å². The lowest BCUT2D eigenvalue weighted by Gasteiger charge is -2.38. The van der Waals surface area contributed by atoms with Gasteiger partial charge in [-0.15, -0.1) is 4.72 Å². The summed E-state index contributed by atoms with van der Waals surface area (Å²) in [4.78, 5) is 14.7. The summed E-state index contributed by atoms with van der Waals surface area (Å²) >= 11 is -1.29. The molecular formula is C23H36N2O5S. The smallest absolute Gasteiger partial charge is 0.254 e. The fourth-order valence-corrected chi connectivity index (χ4v) is 4.99. The molecule has 1 aromatic carbocycles. The van der Waals surface area contributed by atoms with Crippen molar-refractivity contribution in [3.05, 3.63) is 29.3 Å². The average Bonchev–Trinajstić information content (AvgIpc) is 3.05. The van der Waals surface area contributed by atoms with Crippen LogP contribution in [0.3, 0.4) is 0 Å². The Hall–Kier alpha value is -1.32. The Morgan fingerprint density at radius 2 is 1.97 bits per heavy atom. The third kappa shape index (κ3) is 5.93. The number of piperidine rings is 1. The molecule has 3 rings (SSSR count). The maximum atomic E-state index is 12.9. The minimum Gasteiger partial charge on any atom is -0.598 e. The van der Waals surface area contributed by atoms with Crippen LogP contribution in [-0.4, -0.2) is 56.8 Å². The third-order valence-electron chi connectivity index (χ3n) is 5.92. The third-order valence-corrected chi connectivity index (χ3v) is 7.50. The molecule has 0 saturated carbocycles. The van der Waals surface area contributed by atoms with Crippen LogP contribution in [0.25, 0.3) is 0 Å². The molecule has 174 valence electrons. The van der Waals surface area contributed by atoms with Crippen LogP contribution in [0.2, 0.25) is 0 Å². The lowest BCUT2D eigenvalue weighted by atomic mass is 9.85. The number of nitrogens with one attached hydrogen (secondary N) is 1. The fourth-order valence-electron chi connectivity index (χ4n) is 4.09. The van der Waals surface area contributed by atoms with E-state index in [0.717, 1.165) is 24.0 Å². The SMILES string of the molecule is Cc1ccc(C(N[S@@+]([O-])C(C)(C)C)C2CCN(C(=O)[C@H]3COC(C)(C)O3)CC2)c(O)c1. The molecule has 1 unspecified atom stereocenters. The molecule has 3 atom stereocenters. The average molecular weight is 453 g/mol. The number of hydrogen-bond donors (Lipinski definition) is 2. The Morgan fingerprint density at radius 1 is 1.32 bits per heavy atom. The Labute approximate surface area is 188 Å². The second-order valence-electron chi connectivity index (χ2n) is 10.0. The van der Waals surface area contributed by atoms with E-state index < -0.39 is 28.0 Å². The van der Waals surface area contributed by atoms with E-state index in [9.17, 15) is 14.5 Å². The number of ether oxygens (including phenoxy) is 2. The Kier molecular flexibility index (Phi) is 7.28. The molecule has 2 aliphatic rings. The zero-order chi connectivity index (χ0) is 23.0. The molecule has 0 bridgehead atoms. The predicted octanol–water partition coefficient (Wildman–Crippen LogP) is 3.18. The van der Waals surface area contributed by atoms with Crippen molar-refractivity contribution < 1.29 is 23.9 Å². The van der Waals surface area contributed by atoms with Crippen molar-refractivity contribution >= 4 is 17.3 Å². The number of aryl methyl sites for hydroxylation is 1. The number of carbonyl (C=O) groups excluding carboxylic acids is 1. The van der Waals surface area contributed by atoms with Crippen LogP contribution < -0.4 is 4.72 Å². The number of aromatic hydroxyl groups is 1. The molecule has 2 aliphatic heterocycles. The standard InChI is InChI=1S/C23H36N2O5S/c1-15-7-8-17(18(26)13-15)20(24-31(28)22(2,3)4)16-9-11-25(12-10-16)21(27)19-14-29-23(5,6)30-19/h7-8,13,16,19-20,24,26H,9-12,14H2,1-6H3/t19-,20?,31+/m1/s1. The van der Waals surface area contributed by atoms with Crippen molar-refractivity contribution in [1.29, 1.82) is 0 Å². The first-order chi connectivity index (χ1) is 14.4. The first kappa shape index (κ1) is 24.3. The predicted molar refractivity (Wildman–Crippen MR) is 121 cm³/mol. The van der Waals surface area contributed by atoms with Crippen molar-refractivity contribution in [2.75, 3.05) is 19.7 Å². The van der Waals surface area contributed by atoms with Crippen LogP contribution in [0, 0.1) is 12.8 Å². The molecule has 0 aromatic heterocycles.